The van der Waals surface area contributed by atoms with Gasteiger partial charge in [0.05, 0.1) is 0 Å². The summed E-state index contributed by atoms with van der Waals surface area (Å²) in [6.45, 7) is 6.04. The zero-order valence-corrected chi connectivity index (χ0v) is 10.7. The van der Waals surface area contributed by atoms with Gasteiger partial charge in [0.1, 0.15) is 0 Å². The van der Waals surface area contributed by atoms with Crippen molar-refractivity contribution < 1.29 is 0 Å². The minimum Gasteiger partial charge on any atom is -0.315 e. The van der Waals surface area contributed by atoms with Crippen LogP contribution in [0.1, 0.15) is 32.1 Å². The van der Waals surface area contributed by atoms with Crippen LogP contribution >= 0.6 is 0 Å². The van der Waals surface area contributed by atoms with E-state index in [4.69, 9.17) is 0 Å². The molecule has 1 aliphatic carbocycles. The molecule has 2 rings (SSSR count). The van der Waals surface area contributed by atoms with Gasteiger partial charge in [0.2, 0.25) is 0 Å². The summed E-state index contributed by atoms with van der Waals surface area (Å²) >= 11 is 0. The first-order valence-corrected chi connectivity index (χ1v) is 7.00. The van der Waals surface area contributed by atoms with Crippen molar-refractivity contribution in [1.29, 1.82) is 0 Å². The third-order valence-electron chi connectivity index (χ3n) is 4.25. The van der Waals surface area contributed by atoms with Crippen LogP contribution < -0.4 is 10.6 Å². The second-order valence-electron chi connectivity index (χ2n) is 5.34. The van der Waals surface area contributed by atoms with E-state index >= 15 is 0 Å². The zero-order chi connectivity index (χ0) is 11.2. The monoisotopic (exact) mass is 225 g/mol. The van der Waals surface area contributed by atoms with Gasteiger partial charge < -0.3 is 10.6 Å². The van der Waals surface area contributed by atoms with Crippen LogP contribution in [0.3, 0.4) is 0 Å². The van der Waals surface area contributed by atoms with Crippen LogP contribution in [0.5, 0.6) is 0 Å². The number of hydrogen-bond donors (Lipinski definition) is 2. The van der Waals surface area contributed by atoms with E-state index in [9.17, 15) is 0 Å². The molecule has 0 spiro atoms. The number of piperazine rings is 1. The Morgan fingerprint density at radius 2 is 1.88 bits per heavy atom. The van der Waals surface area contributed by atoms with Gasteiger partial charge in [-0.3, -0.25) is 4.90 Å². The topological polar surface area (TPSA) is 27.3 Å². The van der Waals surface area contributed by atoms with Gasteiger partial charge in [-0.25, -0.2) is 0 Å². The van der Waals surface area contributed by atoms with Crippen LogP contribution in [-0.2, 0) is 0 Å². The van der Waals surface area contributed by atoms with Gasteiger partial charge in [-0.15, -0.1) is 0 Å². The fourth-order valence-corrected chi connectivity index (χ4v) is 3.18. The quantitative estimate of drug-likeness (QED) is 0.749. The van der Waals surface area contributed by atoms with Crippen LogP contribution in [0.4, 0.5) is 0 Å². The molecule has 94 valence electrons. The number of nitrogens with zero attached hydrogens (tertiary/aromatic N) is 1. The molecule has 0 bridgehead atoms. The maximum Gasteiger partial charge on any atom is 0.0220 e. The summed E-state index contributed by atoms with van der Waals surface area (Å²) < 4.78 is 0. The van der Waals surface area contributed by atoms with Crippen LogP contribution in [0.2, 0.25) is 0 Å². The molecule has 16 heavy (non-hydrogen) atoms. The second kappa shape index (κ2) is 6.58. The van der Waals surface area contributed by atoms with Crippen molar-refractivity contribution in [3.63, 3.8) is 0 Å². The first kappa shape index (κ1) is 12.3. The number of nitrogens with one attached hydrogen (secondary N) is 2. The number of likely N-dealkylation sites (N-methyl/N-ethyl adjacent to an activating group) is 1. The molecule has 0 aromatic rings. The van der Waals surface area contributed by atoms with Gasteiger partial charge in [0, 0.05) is 38.8 Å². The van der Waals surface area contributed by atoms with Crippen molar-refractivity contribution in [2.24, 2.45) is 5.92 Å². The summed E-state index contributed by atoms with van der Waals surface area (Å²) in [5, 5.41) is 6.98. The summed E-state index contributed by atoms with van der Waals surface area (Å²) in [6, 6.07) is 0.721. The average molecular weight is 225 g/mol. The zero-order valence-electron chi connectivity index (χ0n) is 10.7. The Morgan fingerprint density at radius 1 is 1.19 bits per heavy atom. The molecule has 2 N–H and O–H groups in total. The first-order chi connectivity index (χ1) is 7.90. The lowest BCUT2D eigenvalue weighted by atomic mass is 9.83. The van der Waals surface area contributed by atoms with E-state index in [0.29, 0.717) is 0 Å². The van der Waals surface area contributed by atoms with Crippen molar-refractivity contribution in [2.45, 2.75) is 38.1 Å². The molecule has 1 heterocycles. The maximum atomic E-state index is 3.56. The largest absolute Gasteiger partial charge is 0.315 e. The summed E-state index contributed by atoms with van der Waals surface area (Å²) in [5.74, 6) is 0.925. The predicted octanol–water partition coefficient (Wildman–Crippen LogP) is 1.06. The normalized spacial score (nSPS) is 26.8. The van der Waals surface area contributed by atoms with Crippen LogP contribution in [0, 0.1) is 5.92 Å². The highest BCUT2D eigenvalue weighted by Crippen LogP contribution is 2.26. The van der Waals surface area contributed by atoms with Crippen molar-refractivity contribution >= 4 is 0 Å². The SMILES string of the molecule is CNC(CN1CCNCC1)C1CCCCC1. The molecule has 0 aromatic heterocycles. The van der Waals surface area contributed by atoms with Crippen molar-refractivity contribution in [3.05, 3.63) is 0 Å². The van der Waals surface area contributed by atoms with E-state index in [1.165, 1.54) is 64.8 Å². The summed E-state index contributed by atoms with van der Waals surface area (Å²) in [6.07, 6.45) is 7.24. The number of hydrogen-bond acceptors (Lipinski definition) is 3. The minimum absolute atomic E-state index is 0.721. The lowest BCUT2D eigenvalue weighted by Crippen LogP contribution is -2.50. The van der Waals surface area contributed by atoms with Crippen molar-refractivity contribution in [3.8, 4) is 0 Å². The highest BCUT2D eigenvalue weighted by molar-refractivity contribution is 4.82. The standard InChI is InChI=1S/C13H27N3/c1-14-13(12-5-3-2-4-6-12)11-16-9-7-15-8-10-16/h12-15H,2-11H2,1H3. The highest BCUT2D eigenvalue weighted by atomic mass is 15.2. The molecular weight excluding hydrogens is 198 g/mol. The van der Waals surface area contributed by atoms with Gasteiger partial charge in [0.15, 0.2) is 0 Å². The molecule has 1 aliphatic heterocycles. The number of rotatable bonds is 4. The first-order valence-electron chi connectivity index (χ1n) is 7.00. The lowest BCUT2D eigenvalue weighted by molar-refractivity contribution is 0.174. The Hall–Kier alpha value is -0.120. The molecule has 1 unspecified atom stereocenters. The van der Waals surface area contributed by atoms with Gasteiger partial charge in [-0.2, -0.15) is 0 Å². The lowest BCUT2D eigenvalue weighted by Gasteiger charge is -2.36. The van der Waals surface area contributed by atoms with Gasteiger partial charge >= 0.3 is 0 Å². The molecule has 1 saturated heterocycles. The molecule has 1 saturated carbocycles. The maximum absolute atomic E-state index is 3.56. The molecular formula is C13H27N3. The Labute approximate surface area is 100.0 Å². The smallest absolute Gasteiger partial charge is 0.0220 e. The third-order valence-corrected chi connectivity index (χ3v) is 4.25. The molecule has 3 heteroatoms. The molecule has 0 radical (unpaired) electrons. The molecule has 0 amide bonds. The van der Waals surface area contributed by atoms with Crippen molar-refractivity contribution in [2.75, 3.05) is 39.8 Å². The van der Waals surface area contributed by atoms with E-state index in [1.807, 2.05) is 0 Å². The summed E-state index contributed by atoms with van der Waals surface area (Å²) in [5.41, 5.74) is 0. The second-order valence-corrected chi connectivity index (χ2v) is 5.34. The molecule has 2 fully saturated rings. The average Bonchev–Trinajstić information content (AvgIpc) is 2.38. The molecule has 3 nitrogen and oxygen atoms in total. The Balaban J connectivity index is 1.78. The summed E-state index contributed by atoms with van der Waals surface area (Å²) in [7, 11) is 2.14. The van der Waals surface area contributed by atoms with E-state index in [2.05, 4.69) is 22.6 Å². The van der Waals surface area contributed by atoms with Gasteiger partial charge in [-0.1, -0.05) is 19.3 Å². The molecule has 1 atom stereocenters. The van der Waals surface area contributed by atoms with Crippen LogP contribution in [0.25, 0.3) is 0 Å². The molecule has 2 aliphatic rings. The highest BCUT2D eigenvalue weighted by Gasteiger charge is 2.24. The minimum atomic E-state index is 0.721. The van der Waals surface area contributed by atoms with Gasteiger partial charge in [-0.05, 0) is 25.8 Å². The Kier molecular flexibility index (Phi) is 5.07. The fourth-order valence-electron chi connectivity index (χ4n) is 3.18. The fraction of sp³-hybridized carbons (Fsp3) is 1.00. The van der Waals surface area contributed by atoms with Gasteiger partial charge in [0.25, 0.3) is 0 Å². The van der Waals surface area contributed by atoms with E-state index < -0.39 is 0 Å². The molecule has 0 aromatic carbocycles. The Morgan fingerprint density at radius 3 is 2.50 bits per heavy atom. The van der Waals surface area contributed by atoms with Crippen LogP contribution in [0.15, 0.2) is 0 Å². The summed E-state index contributed by atoms with van der Waals surface area (Å²) in [4.78, 5) is 2.62. The van der Waals surface area contributed by atoms with Crippen LogP contribution in [-0.4, -0.2) is 50.7 Å². The predicted molar refractivity (Wildman–Crippen MR) is 68.7 cm³/mol. The van der Waals surface area contributed by atoms with Crippen molar-refractivity contribution in [1.82, 2.24) is 15.5 Å². The third kappa shape index (κ3) is 3.44. The van der Waals surface area contributed by atoms with E-state index in [1.54, 1.807) is 0 Å². The van der Waals surface area contributed by atoms with E-state index in [-0.39, 0.29) is 0 Å². The van der Waals surface area contributed by atoms with E-state index in [0.717, 1.165) is 12.0 Å². The Bertz CT molecular complexity index is 184.